The van der Waals surface area contributed by atoms with Crippen molar-refractivity contribution in [2.45, 2.75) is 25.8 Å². The lowest BCUT2D eigenvalue weighted by atomic mass is 10.2. The third-order valence-electron chi connectivity index (χ3n) is 3.33. The molecule has 1 aliphatic heterocycles. The van der Waals surface area contributed by atoms with Crippen molar-refractivity contribution in [2.24, 2.45) is 5.73 Å². The number of carbonyl (C=O) groups is 1. The standard InChI is InChI=1S/C14H20N2O2/c1-11-4-2-5-12(10-11)18-9-8-16-7-3-6-13(16)14(15)17/h2,4-5,10,13H,3,6-9H2,1H3,(H2,15,17)/t13-/m1/s1. The van der Waals surface area contributed by atoms with Crippen LogP contribution < -0.4 is 10.5 Å². The van der Waals surface area contributed by atoms with E-state index in [9.17, 15) is 4.79 Å². The number of rotatable bonds is 5. The monoisotopic (exact) mass is 248 g/mol. The molecule has 4 heteroatoms. The lowest BCUT2D eigenvalue weighted by Gasteiger charge is -2.21. The van der Waals surface area contributed by atoms with Crippen molar-refractivity contribution in [3.05, 3.63) is 29.8 Å². The fourth-order valence-corrected chi connectivity index (χ4v) is 2.40. The number of amides is 1. The van der Waals surface area contributed by atoms with Gasteiger partial charge in [0.05, 0.1) is 6.04 Å². The highest BCUT2D eigenvalue weighted by Gasteiger charge is 2.28. The molecule has 1 saturated heterocycles. The van der Waals surface area contributed by atoms with Crippen molar-refractivity contribution >= 4 is 5.91 Å². The molecule has 1 fully saturated rings. The van der Waals surface area contributed by atoms with Crippen LogP contribution in [0.2, 0.25) is 0 Å². The molecule has 1 atom stereocenters. The van der Waals surface area contributed by atoms with E-state index in [0.29, 0.717) is 6.61 Å². The summed E-state index contributed by atoms with van der Waals surface area (Å²) in [5.74, 6) is 0.660. The summed E-state index contributed by atoms with van der Waals surface area (Å²) in [4.78, 5) is 13.3. The number of benzene rings is 1. The van der Waals surface area contributed by atoms with E-state index in [0.717, 1.165) is 31.7 Å². The minimum absolute atomic E-state index is 0.105. The van der Waals surface area contributed by atoms with Crippen molar-refractivity contribution in [1.82, 2.24) is 4.90 Å². The minimum atomic E-state index is -0.219. The topological polar surface area (TPSA) is 55.6 Å². The molecule has 0 bridgehead atoms. The van der Waals surface area contributed by atoms with E-state index >= 15 is 0 Å². The molecule has 0 aromatic heterocycles. The van der Waals surface area contributed by atoms with Gasteiger partial charge in [0.2, 0.25) is 5.91 Å². The molecule has 0 saturated carbocycles. The van der Waals surface area contributed by atoms with Crippen molar-refractivity contribution in [3.63, 3.8) is 0 Å². The molecule has 0 aliphatic carbocycles. The smallest absolute Gasteiger partial charge is 0.234 e. The number of carbonyl (C=O) groups excluding carboxylic acids is 1. The number of ether oxygens (including phenoxy) is 1. The van der Waals surface area contributed by atoms with Gasteiger partial charge in [-0.3, -0.25) is 9.69 Å². The Kier molecular flexibility index (Phi) is 4.20. The first-order chi connectivity index (χ1) is 8.66. The first-order valence-electron chi connectivity index (χ1n) is 6.39. The Balaban J connectivity index is 1.80. The maximum Gasteiger partial charge on any atom is 0.234 e. The molecule has 98 valence electrons. The molecule has 0 unspecified atom stereocenters. The van der Waals surface area contributed by atoms with Gasteiger partial charge >= 0.3 is 0 Å². The van der Waals surface area contributed by atoms with Gasteiger partial charge in [0, 0.05) is 6.54 Å². The van der Waals surface area contributed by atoms with Gasteiger partial charge in [0.25, 0.3) is 0 Å². The van der Waals surface area contributed by atoms with Gasteiger partial charge in [-0.25, -0.2) is 0 Å². The van der Waals surface area contributed by atoms with Crippen LogP contribution in [0.3, 0.4) is 0 Å². The molecule has 2 N–H and O–H groups in total. The van der Waals surface area contributed by atoms with Gasteiger partial charge in [-0.05, 0) is 44.0 Å². The zero-order valence-corrected chi connectivity index (χ0v) is 10.8. The molecule has 0 radical (unpaired) electrons. The molecule has 1 heterocycles. The fraction of sp³-hybridized carbons (Fsp3) is 0.500. The lowest BCUT2D eigenvalue weighted by Crippen LogP contribution is -2.42. The Morgan fingerprint density at radius 3 is 3.11 bits per heavy atom. The number of nitrogens with two attached hydrogens (primary N) is 1. The Morgan fingerprint density at radius 1 is 1.56 bits per heavy atom. The van der Waals surface area contributed by atoms with E-state index in [1.54, 1.807) is 0 Å². The molecular formula is C14H20N2O2. The van der Waals surface area contributed by atoms with Crippen LogP contribution in [0.1, 0.15) is 18.4 Å². The van der Waals surface area contributed by atoms with Crippen LogP contribution in [-0.2, 0) is 4.79 Å². The molecule has 1 aromatic carbocycles. The third kappa shape index (κ3) is 3.23. The predicted octanol–water partition coefficient (Wildman–Crippen LogP) is 1.32. The van der Waals surface area contributed by atoms with E-state index in [1.807, 2.05) is 31.2 Å². The highest BCUT2D eigenvalue weighted by Crippen LogP contribution is 2.17. The molecule has 1 amide bonds. The van der Waals surface area contributed by atoms with Crippen LogP contribution in [0.4, 0.5) is 0 Å². The summed E-state index contributed by atoms with van der Waals surface area (Å²) in [6.45, 7) is 4.32. The third-order valence-corrected chi connectivity index (χ3v) is 3.33. The van der Waals surface area contributed by atoms with E-state index in [2.05, 4.69) is 4.90 Å². The summed E-state index contributed by atoms with van der Waals surface area (Å²) < 4.78 is 5.68. The summed E-state index contributed by atoms with van der Waals surface area (Å²) in [6.07, 6.45) is 1.91. The van der Waals surface area contributed by atoms with Crippen LogP contribution >= 0.6 is 0 Å². The van der Waals surface area contributed by atoms with Crippen molar-refractivity contribution in [1.29, 1.82) is 0 Å². The SMILES string of the molecule is Cc1cccc(OCCN2CCC[C@@H]2C(N)=O)c1. The Morgan fingerprint density at radius 2 is 2.39 bits per heavy atom. The summed E-state index contributed by atoms with van der Waals surface area (Å²) in [7, 11) is 0. The van der Waals surface area contributed by atoms with Crippen LogP contribution in [-0.4, -0.2) is 36.5 Å². The summed E-state index contributed by atoms with van der Waals surface area (Å²) in [5.41, 5.74) is 6.55. The molecule has 2 rings (SSSR count). The summed E-state index contributed by atoms with van der Waals surface area (Å²) in [5, 5.41) is 0. The van der Waals surface area contributed by atoms with Crippen LogP contribution in [0.25, 0.3) is 0 Å². The molecule has 1 aromatic rings. The molecule has 1 aliphatic rings. The molecular weight excluding hydrogens is 228 g/mol. The van der Waals surface area contributed by atoms with Gasteiger partial charge in [0.15, 0.2) is 0 Å². The normalized spacial score (nSPS) is 19.9. The Hall–Kier alpha value is -1.55. The van der Waals surface area contributed by atoms with Gasteiger partial charge in [-0.1, -0.05) is 12.1 Å². The minimum Gasteiger partial charge on any atom is -0.492 e. The van der Waals surface area contributed by atoms with Crippen LogP contribution in [0, 0.1) is 6.92 Å². The number of aryl methyl sites for hydroxylation is 1. The maximum atomic E-state index is 11.2. The van der Waals surface area contributed by atoms with Gasteiger partial charge in [-0.15, -0.1) is 0 Å². The van der Waals surface area contributed by atoms with Crippen molar-refractivity contribution in [3.8, 4) is 5.75 Å². The predicted molar refractivity (Wildman–Crippen MR) is 70.5 cm³/mol. The molecule has 18 heavy (non-hydrogen) atoms. The molecule has 4 nitrogen and oxygen atoms in total. The van der Waals surface area contributed by atoms with Gasteiger partial charge in [-0.2, -0.15) is 0 Å². The van der Waals surface area contributed by atoms with Crippen molar-refractivity contribution < 1.29 is 9.53 Å². The number of hydrogen-bond donors (Lipinski definition) is 1. The fourth-order valence-electron chi connectivity index (χ4n) is 2.40. The number of hydrogen-bond acceptors (Lipinski definition) is 3. The second-order valence-corrected chi connectivity index (χ2v) is 4.76. The summed E-state index contributed by atoms with van der Waals surface area (Å²) in [6, 6.07) is 7.87. The Labute approximate surface area is 108 Å². The van der Waals surface area contributed by atoms with E-state index in [4.69, 9.17) is 10.5 Å². The molecule has 0 spiro atoms. The quantitative estimate of drug-likeness (QED) is 0.855. The second kappa shape index (κ2) is 5.87. The zero-order valence-electron chi connectivity index (χ0n) is 10.8. The Bertz CT molecular complexity index is 420. The average molecular weight is 248 g/mol. The first kappa shape index (κ1) is 12.9. The highest BCUT2D eigenvalue weighted by atomic mass is 16.5. The van der Waals surface area contributed by atoms with E-state index < -0.39 is 0 Å². The highest BCUT2D eigenvalue weighted by molar-refractivity contribution is 5.80. The van der Waals surface area contributed by atoms with Crippen LogP contribution in [0.5, 0.6) is 5.75 Å². The number of likely N-dealkylation sites (tertiary alicyclic amines) is 1. The number of primary amides is 1. The second-order valence-electron chi connectivity index (χ2n) is 4.76. The van der Waals surface area contributed by atoms with E-state index in [-0.39, 0.29) is 11.9 Å². The van der Waals surface area contributed by atoms with E-state index in [1.165, 1.54) is 5.56 Å². The summed E-state index contributed by atoms with van der Waals surface area (Å²) >= 11 is 0. The largest absolute Gasteiger partial charge is 0.492 e. The van der Waals surface area contributed by atoms with Crippen molar-refractivity contribution in [2.75, 3.05) is 19.7 Å². The van der Waals surface area contributed by atoms with Gasteiger partial charge < -0.3 is 10.5 Å². The van der Waals surface area contributed by atoms with Crippen LogP contribution in [0.15, 0.2) is 24.3 Å². The average Bonchev–Trinajstić information content (AvgIpc) is 2.77. The zero-order chi connectivity index (χ0) is 13.0. The maximum absolute atomic E-state index is 11.2. The number of nitrogens with zero attached hydrogens (tertiary/aromatic N) is 1. The first-order valence-corrected chi connectivity index (χ1v) is 6.39. The lowest BCUT2D eigenvalue weighted by molar-refractivity contribution is -0.122. The van der Waals surface area contributed by atoms with Gasteiger partial charge in [0.1, 0.15) is 12.4 Å².